The predicted molar refractivity (Wildman–Crippen MR) is 80.0 cm³/mol. The number of hydrogen-bond acceptors (Lipinski definition) is 3. The van der Waals surface area contributed by atoms with Gasteiger partial charge in [0.2, 0.25) is 0 Å². The van der Waals surface area contributed by atoms with E-state index in [1.807, 2.05) is 0 Å². The van der Waals surface area contributed by atoms with Crippen molar-refractivity contribution >= 4 is 21.7 Å². The summed E-state index contributed by atoms with van der Waals surface area (Å²) in [6.07, 6.45) is 0.369. The first-order valence-corrected chi connectivity index (χ1v) is 7.76. The third-order valence-electron chi connectivity index (χ3n) is 4.17. The molecule has 1 aliphatic carbocycles. The lowest BCUT2D eigenvalue weighted by Gasteiger charge is -2.40. The van der Waals surface area contributed by atoms with E-state index in [1.165, 1.54) is 6.20 Å². The smallest absolute Gasteiger partial charge is 0.363 e. The van der Waals surface area contributed by atoms with Gasteiger partial charge in [0.25, 0.3) is 0 Å². The fourth-order valence-electron chi connectivity index (χ4n) is 2.70. The Bertz CT molecular complexity index is 497. The van der Waals surface area contributed by atoms with Crippen molar-refractivity contribution in [2.24, 2.45) is 11.7 Å². The lowest BCUT2D eigenvalue weighted by molar-refractivity contribution is -0.137. The third-order valence-corrected chi connectivity index (χ3v) is 4.60. The molecule has 3 nitrogen and oxygen atoms in total. The van der Waals surface area contributed by atoms with Crippen LogP contribution in [0.2, 0.25) is 0 Å². The summed E-state index contributed by atoms with van der Waals surface area (Å²) in [6.45, 7) is 2.45. The summed E-state index contributed by atoms with van der Waals surface area (Å²) in [4.78, 5) is 3.92. The number of rotatable bonds is 3. The van der Waals surface area contributed by atoms with Crippen LogP contribution in [0.5, 0.6) is 0 Å². The van der Waals surface area contributed by atoms with Gasteiger partial charge in [-0.1, -0.05) is 6.92 Å². The highest BCUT2D eigenvalue weighted by Crippen LogP contribution is 2.39. The van der Waals surface area contributed by atoms with E-state index in [4.69, 9.17) is 5.73 Å². The topological polar surface area (TPSA) is 50.9 Å². The Labute approximate surface area is 130 Å². The van der Waals surface area contributed by atoms with Crippen molar-refractivity contribution < 1.29 is 13.2 Å². The van der Waals surface area contributed by atoms with Crippen LogP contribution in [-0.4, -0.2) is 17.1 Å². The number of alkyl halides is 3. The Balaban J connectivity index is 2.30. The lowest BCUT2D eigenvalue weighted by Crippen LogP contribution is -2.48. The van der Waals surface area contributed by atoms with E-state index in [0.29, 0.717) is 16.9 Å². The summed E-state index contributed by atoms with van der Waals surface area (Å²) in [5.74, 6) is 0.456. The van der Waals surface area contributed by atoms with E-state index >= 15 is 0 Å². The molecule has 21 heavy (non-hydrogen) atoms. The normalized spacial score (nSPS) is 26.7. The van der Waals surface area contributed by atoms with Crippen LogP contribution in [-0.2, 0) is 6.18 Å². The molecule has 1 fully saturated rings. The van der Waals surface area contributed by atoms with Crippen LogP contribution in [0, 0.1) is 5.92 Å². The summed E-state index contributed by atoms with van der Waals surface area (Å²) < 4.78 is 39.7. The summed E-state index contributed by atoms with van der Waals surface area (Å²) in [7, 11) is 0. The standard InChI is InChI=1S/C14H19BrF3N3/c1-9-2-4-13(8-19,5-3-9)21-12-11(14(16,17)18)6-10(15)7-20-12/h6-7,9H,2-5,8,19H2,1H3,(H,20,21). The van der Waals surface area contributed by atoms with Gasteiger partial charge in [0.1, 0.15) is 5.82 Å². The molecule has 1 heterocycles. The van der Waals surface area contributed by atoms with Crippen LogP contribution in [0.4, 0.5) is 19.0 Å². The molecular weight excluding hydrogens is 347 g/mol. The first kappa shape index (κ1) is 16.5. The van der Waals surface area contributed by atoms with Crippen molar-refractivity contribution in [2.45, 2.75) is 44.3 Å². The summed E-state index contributed by atoms with van der Waals surface area (Å²) in [5.41, 5.74) is 4.59. The molecule has 0 radical (unpaired) electrons. The minimum absolute atomic E-state index is 0.134. The number of nitrogens with one attached hydrogen (secondary N) is 1. The van der Waals surface area contributed by atoms with E-state index in [1.54, 1.807) is 0 Å². The largest absolute Gasteiger partial charge is 0.419 e. The molecule has 1 aliphatic rings. The number of anilines is 1. The average molecular weight is 366 g/mol. The van der Waals surface area contributed by atoms with Gasteiger partial charge in [0.15, 0.2) is 0 Å². The van der Waals surface area contributed by atoms with Crippen LogP contribution in [0.25, 0.3) is 0 Å². The Hall–Kier alpha value is -0.820. The zero-order chi connectivity index (χ0) is 15.7. The number of nitrogens with two attached hydrogens (primary N) is 1. The summed E-state index contributed by atoms with van der Waals surface area (Å²) >= 11 is 3.04. The molecule has 7 heteroatoms. The molecule has 0 bridgehead atoms. The molecule has 1 aromatic rings. The molecule has 0 aromatic carbocycles. The average Bonchev–Trinajstić information content (AvgIpc) is 2.42. The second-order valence-corrected chi connectivity index (χ2v) is 6.76. The van der Waals surface area contributed by atoms with Crippen LogP contribution >= 0.6 is 15.9 Å². The Kier molecular flexibility index (Phi) is 4.82. The van der Waals surface area contributed by atoms with Crippen molar-refractivity contribution in [3.63, 3.8) is 0 Å². The second-order valence-electron chi connectivity index (χ2n) is 5.84. The minimum atomic E-state index is -4.45. The van der Waals surface area contributed by atoms with Crippen LogP contribution in [0.1, 0.15) is 38.2 Å². The van der Waals surface area contributed by atoms with Crippen LogP contribution in [0.3, 0.4) is 0 Å². The number of hydrogen-bond donors (Lipinski definition) is 2. The molecule has 0 atom stereocenters. The molecule has 0 amide bonds. The van der Waals surface area contributed by atoms with Crippen molar-refractivity contribution in [3.05, 3.63) is 22.3 Å². The number of pyridine rings is 1. The van der Waals surface area contributed by atoms with Crippen LogP contribution < -0.4 is 11.1 Å². The molecule has 0 saturated heterocycles. The molecular formula is C14H19BrF3N3. The lowest BCUT2D eigenvalue weighted by atomic mass is 9.77. The van der Waals surface area contributed by atoms with E-state index < -0.39 is 17.3 Å². The maximum Gasteiger partial charge on any atom is 0.419 e. The van der Waals surface area contributed by atoms with Crippen LogP contribution in [0.15, 0.2) is 16.7 Å². The van der Waals surface area contributed by atoms with Gasteiger partial charge in [-0.05, 0) is 53.6 Å². The van der Waals surface area contributed by atoms with Gasteiger partial charge in [-0.2, -0.15) is 13.2 Å². The first-order chi connectivity index (χ1) is 9.76. The second kappa shape index (κ2) is 6.12. The zero-order valence-corrected chi connectivity index (χ0v) is 13.4. The molecule has 1 aromatic heterocycles. The number of halogens is 4. The quantitative estimate of drug-likeness (QED) is 0.844. The van der Waals surface area contributed by atoms with Crippen molar-refractivity contribution in [1.82, 2.24) is 4.98 Å². The molecule has 0 unspecified atom stereocenters. The molecule has 2 rings (SSSR count). The van der Waals surface area contributed by atoms with Crippen molar-refractivity contribution in [3.8, 4) is 0 Å². The zero-order valence-electron chi connectivity index (χ0n) is 11.8. The SMILES string of the molecule is CC1CCC(CN)(Nc2ncc(Br)cc2C(F)(F)F)CC1. The van der Waals surface area contributed by atoms with Gasteiger partial charge in [0, 0.05) is 17.2 Å². The van der Waals surface area contributed by atoms with Gasteiger partial charge in [-0.25, -0.2) is 4.98 Å². The third kappa shape index (κ3) is 3.88. The van der Waals surface area contributed by atoms with E-state index in [0.717, 1.165) is 31.7 Å². The molecule has 0 aliphatic heterocycles. The van der Waals surface area contributed by atoms with Gasteiger partial charge in [-0.3, -0.25) is 0 Å². The maximum atomic E-state index is 13.1. The summed E-state index contributed by atoms with van der Waals surface area (Å²) in [6, 6.07) is 1.05. The number of aromatic nitrogens is 1. The highest BCUT2D eigenvalue weighted by molar-refractivity contribution is 9.10. The van der Waals surface area contributed by atoms with Gasteiger partial charge in [-0.15, -0.1) is 0 Å². The van der Waals surface area contributed by atoms with Gasteiger partial charge in [0.05, 0.1) is 11.1 Å². The molecule has 3 N–H and O–H groups in total. The van der Waals surface area contributed by atoms with Crippen molar-refractivity contribution in [1.29, 1.82) is 0 Å². The van der Waals surface area contributed by atoms with E-state index in [-0.39, 0.29) is 5.82 Å². The predicted octanol–water partition coefficient (Wildman–Crippen LogP) is 4.18. The van der Waals surface area contributed by atoms with Crippen molar-refractivity contribution in [2.75, 3.05) is 11.9 Å². The number of nitrogens with zero attached hydrogens (tertiary/aromatic N) is 1. The fraction of sp³-hybridized carbons (Fsp3) is 0.643. The van der Waals surface area contributed by atoms with E-state index in [9.17, 15) is 13.2 Å². The van der Waals surface area contributed by atoms with Gasteiger partial charge < -0.3 is 11.1 Å². The fourth-order valence-corrected chi connectivity index (χ4v) is 3.03. The Morgan fingerprint density at radius 1 is 1.43 bits per heavy atom. The minimum Gasteiger partial charge on any atom is -0.363 e. The highest BCUT2D eigenvalue weighted by Gasteiger charge is 2.39. The molecule has 1 saturated carbocycles. The Morgan fingerprint density at radius 2 is 2.05 bits per heavy atom. The molecule has 118 valence electrons. The van der Waals surface area contributed by atoms with E-state index in [2.05, 4.69) is 33.2 Å². The summed E-state index contributed by atoms with van der Waals surface area (Å²) in [5, 5.41) is 2.99. The monoisotopic (exact) mass is 365 g/mol. The molecule has 0 spiro atoms. The Morgan fingerprint density at radius 3 is 2.57 bits per heavy atom. The highest BCUT2D eigenvalue weighted by atomic mass is 79.9. The first-order valence-electron chi connectivity index (χ1n) is 6.97. The maximum absolute atomic E-state index is 13.1. The van der Waals surface area contributed by atoms with Gasteiger partial charge >= 0.3 is 6.18 Å².